The summed E-state index contributed by atoms with van der Waals surface area (Å²) in [6, 6.07) is 2.38. The molecule has 0 saturated carbocycles. The SMILES string of the molecule is CC(C)(CC(N)=O)n1c(CCl)nc2ccc(F)c(F)c21. The van der Waals surface area contributed by atoms with Gasteiger partial charge in [-0.3, -0.25) is 4.79 Å². The molecule has 0 radical (unpaired) electrons. The summed E-state index contributed by atoms with van der Waals surface area (Å²) >= 11 is 5.82. The molecule has 1 heterocycles. The molecule has 0 atom stereocenters. The number of alkyl halides is 1. The molecule has 0 aliphatic rings. The molecule has 1 amide bonds. The molecule has 0 aliphatic carbocycles. The highest BCUT2D eigenvalue weighted by atomic mass is 35.5. The fourth-order valence-corrected chi connectivity index (χ4v) is 2.58. The number of benzene rings is 1. The number of aromatic nitrogens is 2. The van der Waals surface area contributed by atoms with Crippen LogP contribution in [-0.2, 0) is 16.2 Å². The normalized spacial score (nSPS) is 12.1. The lowest BCUT2D eigenvalue weighted by molar-refractivity contribution is -0.119. The van der Waals surface area contributed by atoms with Crippen LogP contribution in [0, 0.1) is 11.6 Å². The van der Waals surface area contributed by atoms with Crippen LogP contribution in [0.4, 0.5) is 8.78 Å². The van der Waals surface area contributed by atoms with Crippen LogP contribution in [0.5, 0.6) is 0 Å². The van der Waals surface area contributed by atoms with Gasteiger partial charge in [0.1, 0.15) is 11.3 Å². The zero-order valence-corrected chi connectivity index (χ0v) is 11.8. The molecular weight excluding hydrogens is 288 g/mol. The van der Waals surface area contributed by atoms with Gasteiger partial charge in [-0.25, -0.2) is 13.8 Å². The number of imidazole rings is 1. The Hall–Kier alpha value is -1.69. The molecule has 0 aliphatic heterocycles. The molecule has 0 fully saturated rings. The summed E-state index contributed by atoms with van der Waals surface area (Å²) in [4.78, 5) is 15.4. The van der Waals surface area contributed by atoms with Crippen molar-refractivity contribution in [1.82, 2.24) is 9.55 Å². The quantitative estimate of drug-likeness (QED) is 0.883. The van der Waals surface area contributed by atoms with E-state index >= 15 is 0 Å². The predicted molar refractivity (Wildman–Crippen MR) is 72.3 cm³/mol. The number of nitrogens with two attached hydrogens (primary N) is 1. The Bertz CT molecular complexity index is 682. The highest BCUT2D eigenvalue weighted by molar-refractivity contribution is 6.16. The summed E-state index contributed by atoms with van der Waals surface area (Å²) < 4.78 is 29.0. The standard InChI is InChI=1S/C13H14ClF2N3O/c1-13(2,5-9(17)20)19-10(6-14)18-8-4-3-7(15)11(16)12(8)19/h3-4H,5-6H2,1-2H3,(H2,17,20). The molecule has 0 spiro atoms. The van der Waals surface area contributed by atoms with Crippen LogP contribution in [0.3, 0.4) is 0 Å². The minimum atomic E-state index is -1.01. The molecule has 2 rings (SSSR count). The van der Waals surface area contributed by atoms with E-state index < -0.39 is 23.1 Å². The molecule has 0 unspecified atom stereocenters. The topological polar surface area (TPSA) is 60.9 Å². The van der Waals surface area contributed by atoms with E-state index in [-0.39, 0.29) is 23.3 Å². The van der Waals surface area contributed by atoms with Crippen molar-refractivity contribution < 1.29 is 13.6 Å². The third-order valence-electron chi connectivity index (χ3n) is 3.11. The van der Waals surface area contributed by atoms with E-state index in [1.54, 1.807) is 13.8 Å². The van der Waals surface area contributed by atoms with Crippen LogP contribution in [0.25, 0.3) is 11.0 Å². The third kappa shape index (κ3) is 2.35. The number of carbonyl (C=O) groups excluding carboxylic acids is 1. The number of fused-ring (bicyclic) bond motifs is 1. The van der Waals surface area contributed by atoms with Gasteiger partial charge in [-0.1, -0.05) is 0 Å². The average Bonchev–Trinajstić information content (AvgIpc) is 2.72. The maximum Gasteiger partial charge on any atom is 0.219 e. The Morgan fingerprint density at radius 3 is 2.65 bits per heavy atom. The number of hydrogen-bond donors (Lipinski definition) is 1. The first-order chi connectivity index (χ1) is 9.27. The molecule has 1 aromatic heterocycles. The summed E-state index contributed by atoms with van der Waals surface area (Å²) in [6.07, 6.45) is -0.0434. The average molecular weight is 302 g/mol. The second-order valence-corrected chi connectivity index (χ2v) is 5.45. The summed E-state index contributed by atoms with van der Waals surface area (Å²) in [6.45, 7) is 3.39. The lowest BCUT2D eigenvalue weighted by atomic mass is 9.99. The zero-order chi connectivity index (χ0) is 15.1. The van der Waals surface area contributed by atoms with Crippen molar-refractivity contribution in [3.63, 3.8) is 0 Å². The van der Waals surface area contributed by atoms with E-state index in [4.69, 9.17) is 17.3 Å². The lowest BCUT2D eigenvalue weighted by Gasteiger charge is -2.28. The first-order valence-electron chi connectivity index (χ1n) is 5.98. The Kier molecular flexibility index (Phi) is 3.69. The van der Waals surface area contributed by atoms with Crippen LogP contribution >= 0.6 is 11.6 Å². The second-order valence-electron chi connectivity index (χ2n) is 5.18. The smallest absolute Gasteiger partial charge is 0.219 e. The van der Waals surface area contributed by atoms with Gasteiger partial charge < -0.3 is 10.3 Å². The molecule has 0 bridgehead atoms. The monoisotopic (exact) mass is 301 g/mol. The highest BCUT2D eigenvalue weighted by Crippen LogP contribution is 2.31. The van der Waals surface area contributed by atoms with E-state index in [2.05, 4.69) is 4.98 Å². The first kappa shape index (κ1) is 14.7. The number of carbonyl (C=O) groups is 1. The number of hydrogen-bond acceptors (Lipinski definition) is 2. The van der Waals surface area contributed by atoms with Gasteiger partial charge in [0.05, 0.1) is 11.4 Å². The van der Waals surface area contributed by atoms with Gasteiger partial charge in [-0.05, 0) is 26.0 Å². The predicted octanol–water partition coefficient (Wildman–Crippen LogP) is 2.66. The summed E-state index contributed by atoms with van der Waals surface area (Å²) in [7, 11) is 0. The van der Waals surface area contributed by atoms with Gasteiger partial charge in [0.2, 0.25) is 5.91 Å². The van der Waals surface area contributed by atoms with Crippen molar-refractivity contribution in [2.45, 2.75) is 31.7 Å². The van der Waals surface area contributed by atoms with Crippen molar-refractivity contribution in [3.05, 3.63) is 29.6 Å². The number of nitrogens with zero attached hydrogens (tertiary/aromatic N) is 2. The van der Waals surface area contributed by atoms with Crippen molar-refractivity contribution in [2.75, 3.05) is 0 Å². The summed E-state index contributed by atoms with van der Waals surface area (Å²) in [5.74, 6) is -2.16. The number of amides is 1. The molecule has 0 saturated heterocycles. The van der Waals surface area contributed by atoms with Crippen molar-refractivity contribution in [2.24, 2.45) is 5.73 Å². The van der Waals surface area contributed by atoms with Crippen LogP contribution in [0.1, 0.15) is 26.1 Å². The van der Waals surface area contributed by atoms with Crippen molar-refractivity contribution in [1.29, 1.82) is 0 Å². The van der Waals surface area contributed by atoms with E-state index in [1.165, 1.54) is 10.6 Å². The molecule has 2 N–H and O–H groups in total. The van der Waals surface area contributed by atoms with Crippen LogP contribution in [0.15, 0.2) is 12.1 Å². The van der Waals surface area contributed by atoms with Gasteiger partial charge in [0, 0.05) is 12.0 Å². The van der Waals surface area contributed by atoms with Gasteiger partial charge in [-0.2, -0.15) is 0 Å². The molecule has 108 valence electrons. The Morgan fingerprint density at radius 2 is 2.10 bits per heavy atom. The maximum absolute atomic E-state index is 14.1. The van der Waals surface area contributed by atoms with E-state index in [1.807, 2.05) is 0 Å². The summed E-state index contributed by atoms with van der Waals surface area (Å²) in [5, 5.41) is 0. The zero-order valence-electron chi connectivity index (χ0n) is 11.1. The van der Waals surface area contributed by atoms with Crippen molar-refractivity contribution >= 4 is 28.5 Å². The Morgan fingerprint density at radius 1 is 1.45 bits per heavy atom. The van der Waals surface area contributed by atoms with Gasteiger partial charge >= 0.3 is 0 Å². The van der Waals surface area contributed by atoms with Crippen LogP contribution in [0.2, 0.25) is 0 Å². The molecule has 2 aromatic rings. The van der Waals surface area contributed by atoms with Crippen molar-refractivity contribution in [3.8, 4) is 0 Å². The first-order valence-corrected chi connectivity index (χ1v) is 6.51. The molecule has 1 aromatic carbocycles. The highest BCUT2D eigenvalue weighted by Gasteiger charge is 2.29. The minimum absolute atomic E-state index is 0.00750. The lowest BCUT2D eigenvalue weighted by Crippen LogP contribution is -2.33. The molecule has 4 nitrogen and oxygen atoms in total. The molecular formula is C13H14ClF2N3O. The maximum atomic E-state index is 14.1. The van der Waals surface area contributed by atoms with E-state index in [9.17, 15) is 13.6 Å². The second kappa shape index (κ2) is 5.01. The molecule has 7 heteroatoms. The third-order valence-corrected chi connectivity index (χ3v) is 3.35. The summed E-state index contributed by atoms with van der Waals surface area (Å²) in [5.41, 5.74) is 4.63. The fraction of sp³-hybridized carbons (Fsp3) is 0.385. The van der Waals surface area contributed by atoms with Crippen LogP contribution < -0.4 is 5.73 Å². The van der Waals surface area contributed by atoms with Gasteiger partial charge in [0.15, 0.2) is 11.6 Å². The van der Waals surface area contributed by atoms with E-state index in [0.29, 0.717) is 5.82 Å². The number of rotatable bonds is 4. The number of primary amides is 1. The van der Waals surface area contributed by atoms with Gasteiger partial charge in [-0.15, -0.1) is 11.6 Å². The Labute approximate surface area is 119 Å². The fourth-order valence-electron chi connectivity index (χ4n) is 2.40. The van der Waals surface area contributed by atoms with Crippen LogP contribution in [-0.4, -0.2) is 15.5 Å². The largest absolute Gasteiger partial charge is 0.370 e. The van der Waals surface area contributed by atoms with Gasteiger partial charge in [0.25, 0.3) is 0 Å². The van der Waals surface area contributed by atoms with E-state index in [0.717, 1.165) is 6.07 Å². The minimum Gasteiger partial charge on any atom is -0.370 e. The molecule has 20 heavy (non-hydrogen) atoms. The Balaban J connectivity index is 2.79. The number of halogens is 3.